The van der Waals surface area contributed by atoms with Crippen LogP contribution in [0.4, 0.5) is 0 Å². The van der Waals surface area contributed by atoms with Crippen LogP contribution >= 0.6 is 0 Å². The molecular formula is C18H23NO. The zero-order chi connectivity index (χ0) is 14.5. The summed E-state index contributed by atoms with van der Waals surface area (Å²) < 4.78 is 0. The molecule has 2 N–H and O–H groups in total. The highest BCUT2D eigenvalue weighted by atomic mass is 16.1. The molecule has 2 nitrogen and oxygen atoms in total. The molecule has 0 aliphatic rings. The minimum Gasteiger partial charge on any atom is -0.330 e. The zero-order valence-corrected chi connectivity index (χ0v) is 12.3. The van der Waals surface area contributed by atoms with E-state index < -0.39 is 0 Å². The summed E-state index contributed by atoms with van der Waals surface area (Å²) in [5.41, 5.74) is 6.87. The van der Waals surface area contributed by atoms with E-state index in [9.17, 15) is 4.79 Å². The van der Waals surface area contributed by atoms with Crippen LogP contribution in [0.2, 0.25) is 0 Å². The first-order valence-electron chi connectivity index (χ1n) is 7.31. The van der Waals surface area contributed by atoms with Crippen molar-refractivity contribution < 1.29 is 4.79 Å². The van der Waals surface area contributed by atoms with Crippen LogP contribution in [0.1, 0.15) is 25.8 Å². The van der Waals surface area contributed by atoms with Gasteiger partial charge in [-0.3, -0.25) is 4.79 Å². The van der Waals surface area contributed by atoms with Crippen molar-refractivity contribution in [3.05, 3.63) is 48.0 Å². The third-order valence-electron chi connectivity index (χ3n) is 3.74. The van der Waals surface area contributed by atoms with Gasteiger partial charge >= 0.3 is 0 Å². The number of ketones is 1. The van der Waals surface area contributed by atoms with E-state index >= 15 is 0 Å². The smallest absolute Gasteiger partial charge is 0.141 e. The Morgan fingerprint density at radius 2 is 1.80 bits per heavy atom. The number of nitrogens with two attached hydrogens (primary N) is 1. The van der Waals surface area contributed by atoms with Gasteiger partial charge in [0.15, 0.2) is 0 Å². The summed E-state index contributed by atoms with van der Waals surface area (Å²) in [5.74, 6) is 0.742. The molecule has 0 bridgehead atoms. The van der Waals surface area contributed by atoms with Crippen molar-refractivity contribution in [3.63, 3.8) is 0 Å². The number of benzene rings is 2. The maximum atomic E-state index is 12.4. The van der Waals surface area contributed by atoms with E-state index in [1.807, 2.05) is 24.3 Å². The number of carbonyl (C=O) groups is 1. The lowest BCUT2D eigenvalue weighted by atomic mass is 9.89. The van der Waals surface area contributed by atoms with Crippen molar-refractivity contribution in [2.75, 3.05) is 6.54 Å². The van der Waals surface area contributed by atoms with Crippen LogP contribution in [0.15, 0.2) is 42.5 Å². The molecule has 0 saturated carbocycles. The maximum absolute atomic E-state index is 12.4. The van der Waals surface area contributed by atoms with Gasteiger partial charge in [-0.1, -0.05) is 56.3 Å². The normalized spacial score (nSPS) is 12.8. The molecule has 0 heterocycles. The van der Waals surface area contributed by atoms with Crippen LogP contribution < -0.4 is 5.73 Å². The molecule has 0 aliphatic heterocycles. The second-order valence-corrected chi connectivity index (χ2v) is 5.84. The third-order valence-corrected chi connectivity index (χ3v) is 3.74. The van der Waals surface area contributed by atoms with Gasteiger partial charge in [-0.15, -0.1) is 0 Å². The number of hydrogen-bond acceptors (Lipinski definition) is 2. The molecule has 0 fully saturated rings. The summed E-state index contributed by atoms with van der Waals surface area (Å²) in [4.78, 5) is 12.4. The summed E-state index contributed by atoms with van der Waals surface area (Å²) in [6, 6.07) is 14.3. The fourth-order valence-corrected chi connectivity index (χ4v) is 2.71. The highest BCUT2D eigenvalue weighted by molar-refractivity contribution is 5.91. The largest absolute Gasteiger partial charge is 0.330 e. The van der Waals surface area contributed by atoms with Gasteiger partial charge in [0.25, 0.3) is 0 Å². The van der Waals surface area contributed by atoms with Crippen molar-refractivity contribution >= 4 is 16.6 Å². The predicted octanol–water partition coefficient (Wildman–Crippen LogP) is 3.57. The van der Waals surface area contributed by atoms with E-state index in [-0.39, 0.29) is 11.7 Å². The number of rotatable bonds is 6. The fourth-order valence-electron chi connectivity index (χ4n) is 2.71. The first-order valence-corrected chi connectivity index (χ1v) is 7.31. The lowest BCUT2D eigenvalue weighted by molar-refractivity contribution is -0.122. The molecule has 2 aromatic carbocycles. The number of fused-ring (bicyclic) bond motifs is 1. The molecule has 0 amide bonds. The van der Waals surface area contributed by atoms with Gasteiger partial charge in [0.1, 0.15) is 5.78 Å². The highest BCUT2D eigenvalue weighted by Gasteiger charge is 2.19. The molecule has 1 unspecified atom stereocenters. The highest BCUT2D eigenvalue weighted by Crippen LogP contribution is 2.21. The summed E-state index contributed by atoms with van der Waals surface area (Å²) in [7, 11) is 0. The van der Waals surface area contributed by atoms with E-state index in [4.69, 9.17) is 5.73 Å². The van der Waals surface area contributed by atoms with Crippen molar-refractivity contribution in [3.8, 4) is 0 Å². The molecule has 0 spiro atoms. The van der Waals surface area contributed by atoms with Crippen molar-refractivity contribution in [1.29, 1.82) is 0 Å². The Balaban J connectivity index is 2.21. The van der Waals surface area contributed by atoms with Crippen LogP contribution in [-0.2, 0) is 11.2 Å². The maximum Gasteiger partial charge on any atom is 0.141 e. The molecule has 106 valence electrons. The molecule has 1 atom stereocenters. The second kappa shape index (κ2) is 6.67. The lowest BCUT2D eigenvalue weighted by Crippen LogP contribution is -2.26. The fraction of sp³-hybridized carbons (Fsp3) is 0.389. The second-order valence-electron chi connectivity index (χ2n) is 5.84. The van der Waals surface area contributed by atoms with Gasteiger partial charge in [-0.05, 0) is 28.7 Å². The molecule has 0 aromatic heterocycles. The van der Waals surface area contributed by atoms with E-state index in [1.54, 1.807) is 0 Å². The van der Waals surface area contributed by atoms with Gasteiger partial charge in [0, 0.05) is 18.9 Å². The van der Waals surface area contributed by atoms with E-state index in [0.717, 1.165) is 12.0 Å². The summed E-state index contributed by atoms with van der Waals surface area (Å²) in [6.45, 7) is 4.71. The SMILES string of the molecule is CC(C)CC(CN)C(=O)Cc1cccc2ccccc12. The quantitative estimate of drug-likeness (QED) is 0.871. The van der Waals surface area contributed by atoms with Crippen molar-refractivity contribution in [1.82, 2.24) is 0 Å². The van der Waals surface area contributed by atoms with E-state index in [0.29, 0.717) is 18.9 Å². The third kappa shape index (κ3) is 3.45. The Bertz CT molecular complexity index is 583. The Kier molecular flexibility index (Phi) is 4.91. The summed E-state index contributed by atoms with van der Waals surface area (Å²) in [5, 5.41) is 2.36. The monoisotopic (exact) mass is 269 g/mol. The van der Waals surface area contributed by atoms with E-state index in [1.165, 1.54) is 10.8 Å². The van der Waals surface area contributed by atoms with Gasteiger partial charge in [-0.25, -0.2) is 0 Å². The summed E-state index contributed by atoms with van der Waals surface area (Å²) in [6.07, 6.45) is 1.36. The molecule has 2 heteroatoms. The van der Waals surface area contributed by atoms with Gasteiger partial charge in [0.2, 0.25) is 0 Å². The topological polar surface area (TPSA) is 43.1 Å². The van der Waals surface area contributed by atoms with Crippen LogP contribution in [0.3, 0.4) is 0 Å². The van der Waals surface area contributed by atoms with Crippen LogP contribution in [0.5, 0.6) is 0 Å². The number of hydrogen-bond donors (Lipinski definition) is 1. The molecular weight excluding hydrogens is 246 g/mol. The van der Waals surface area contributed by atoms with Gasteiger partial charge in [0.05, 0.1) is 0 Å². The molecule has 0 radical (unpaired) electrons. The minimum atomic E-state index is -0.0195. The van der Waals surface area contributed by atoms with Crippen LogP contribution in [0.25, 0.3) is 10.8 Å². The Labute approximate surface area is 121 Å². The number of Topliss-reactive ketones (excluding diaryl/α,β-unsaturated/α-hetero) is 1. The molecule has 0 saturated heterocycles. The van der Waals surface area contributed by atoms with Crippen LogP contribution in [-0.4, -0.2) is 12.3 Å². The average molecular weight is 269 g/mol. The van der Waals surface area contributed by atoms with Crippen LogP contribution in [0, 0.1) is 11.8 Å². The Morgan fingerprint density at radius 1 is 1.10 bits per heavy atom. The number of carbonyl (C=O) groups excluding carboxylic acids is 1. The van der Waals surface area contributed by atoms with E-state index in [2.05, 4.69) is 32.0 Å². The minimum absolute atomic E-state index is 0.0195. The van der Waals surface area contributed by atoms with Gasteiger partial charge in [-0.2, -0.15) is 0 Å². The molecule has 20 heavy (non-hydrogen) atoms. The van der Waals surface area contributed by atoms with Gasteiger partial charge < -0.3 is 5.73 Å². The molecule has 0 aliphatic carbocycles. The summed E-state index contributed by atoms with van der Waals surface area (Å²) >= 11 is 0. The molecule has 2 aromatic rings. The van der Waals surface area contributed by atoms with Crippen molar-refractivity contribution in [2.45, 2.75) is 26.7 Å². The first-order chi connectivity index (χ1) is 9.61. The Hall–Kier alpha value is -1.67. The van der Waals surface area contributed by atoms with Crippen molar-refractivity contribution in [2.24, 2.45) is 17.6 Å². The standard InChI is InChI=1S/C18H23NO/c1-13(2)10-16(12-19)18(20)11-15-8-5-7-14-6-3-4-9-17(14)15/h3-9,13,16H,10-12,19H2,1-2H3. The average Bonchev–Trinajstić information content (AvgIpc) is 2.45. The molecule has 2 rings (SSSR count). The predicted molar refractivity (Wildman–Crippen MR) is 84.7 cm³/mol. The zero-order valence-electron chi connectivity index (χ0n) is 12.3. The Morgan fingerprint density at radius 3 is 2.50 bits per heavy atom. The lowest BCUT2D eigenvalue weighted by Gasteiger charge is -2.16. The first kappa shape index (κ1) is 14.7.